The van der Waals surface area contributed by atoms with E-state index in [1.165, 1.54) is 16.1 Å². The van der Waals surface area contributed by atoms with Crippen molar-refractivity contribution in [2.24, 2.45) is 10.9 Å². The molecule has 1 spiro atoms. The van der Waals surface area contributed by atoms with E-state index in [9.17, 15) is 23.1 Å². The number of nitrogens with one attached hydrogen (secondary N) is 1. The van der Waals surface area contributed by atoms with Gasteiger partial charge in [0.05, 0.1) is 6.10 Å². The van der Waals surface area contributed by atoms with E-state index in [4.69, 9.17) is 4.99 Å². The predicted octanol–water partition coefficient (Wildman–Crippen LogP) is 4.20. The number of sulfonamides is 1. The fourth-order valence-corrected chi connectivity index (χ4v) is 8.29. The quantitative estimate of drug-likeness (QED) is 0.519. The van der Waals surface area contributed by atoms with Crippen molar-refractivity contribution in [3.63, 3.8) is 0 Å². The van der Waals surface area contributed by atoms with Gasteiger partial charge in [0.15, 0.2) is 0 Å². The lowest BCUT2D eigenvalue weighted by Crippen LogP contribution is -2.50. The molecule has 41 heavy (non-hydrogen) atoms. The molecule has 2 aliphatic heterocycles. The molecule has 10 heteroatoms. The SMILES string of the molecule is CC(=O)N(c1cc(C)c(/C=C/S(=O)(=O)N2CCC3(CC2)N=C(C2CCCCC2)NC3=O)c(C)c1)C1CCC(O)CC1. The molecule has 4 aliphatic rings. The fourth-order valence-electron chi connectivity index (χ4n) is 7.12. The van der Waals surface area contributed by atoms with Crippen LogP contribution in [0.2, 0.25) is 0 Å². The molecule has 224 valence electrons. The van der Waals surface area contributed by atoms with Crippen molar-refractivity contribution >= 4 is 39.4 Å². The highest BCUT2D eigenvalue weighted by Crippen LogP contribution is 2.35. The molecule has 5 rings (SSSR count). The van der Waals surface area contributed by atoms with Crippen molar-refractivity contribution in [2.45, 2.75) is 109 Å². The first-order chi connectivity index (χ1) is 19.5. The summed E-state index contributed by atoms with van der Waals surface area (Å²) in [5, 5.41) is 14.2. The Kier molecular flexibility index (Phi) is 8.74. The topological polar surface area (TPSA) is 119 Å². The normalized spacial score (nSPS) is 25.9. The van der Waals surface area contributed by atoms with Gasteiger partial charge in [-0.25, -0.2) is 8.42 Å². The number of piperidine rings is 1. The molecule has 1 aromatic rings. The number of hydrogen-bond donors (Lipinski definition) is 2. The zero-order valence-electron chi connectivity index (χ0n) is 24.6. The first-order valence-corrected chi connectivity index (χ1v) is 16.7. The number of nitrogens with zero attached hydrogens (tertiary/aromatic N) is 3. The van der Waals surface area contributed by atoms with Gasteiger partial charge in [0, 0.05) is 43.1 Å². The Hall–Kier alpha value is -2.56. The summed E-state index contributed by atoms with van der Waals surface area (Å²) in [6.45, 7) is 5.92. The van der Waals surface area contributed by atoms with Gasteiger partial charge in [-0.2, -0.15) is 4.31 Å². The van der Waals surface area contributed by atoms with Crippen molar-refractivity contribution in [1.82, 2.24) is 9.62 Å². The number of aryl methyl sites for hydroxylation is 2. The number of carbonyl (C=O) groups excluding carboxylic acids is 2. The van der Waals surface area contributed by atoms with Crippen LogP contribution in [0.4, 0.5) is 5.69 Å². The summed E-state index contributed by atoms with van der Waals surface area (Å²) in [6, 6.07) is 3.93. The Labute approximate surface area is 244 Å². The summed E-state index contributed by atoms with van der Waals surface area (Å²) >= 11 is 0. The van der Waals surface area contributed by atoms with Crippen LogP contribution in [0, 0.1) is 19.8 Å². The molecule has 2 heterocycles. The Balaban J connectivity index is 1.27. The molecule has 0 radical (unpaired) electrons. The molecule has 2 amide bonds. The van der Waals surface area contributed by atoms with Crippen molar-refractivity contribution in [2.75, 3.05) is 18.0 Å². The molecule has 1 saturated heterocycles. The van der Waals surface area contributed by atoms with Crippen LogP contribution < -0.4 is 10.2 Å². The number of benzene rings is 1. The fraction of sp³-hybridized carbons (Fsp3) is 0.645. The highest BCUT2D eigenvalue weighted by molar-refractivity contribution is 7.92. The van der Waals surface area contributed by atoms with Gasteiger partial charge in [-0.15, -0.1) is 0 Å². The summed E-state index contributed by atoms with van der Waals surface area (Å²) < 4.78 is 28.1. The third-order valence-electron chi connectivity index (χ3n) is 9.53. The summed E-state index contributed by atoms with van der Waals surface area (Å²) in [6.07, 6.45) is 10.6. The lowest BCUT2D eigenvalue weighted by atomic mass is 9.88. The highest BCUT2D eigenvalue weighted by atomic mass is 32.2. The number of aliphatic imine (C=N–C) groups is 1. The van der Waals surface area contributed by atoms with Crippen molar-refractivity contribution in [1.29, 1.82) is 0 Å². The molecule has 9 nitrogen and oxygen atoms in total. The smallest absolute Gasteiger partial charge is 0.253 e. The van der Waals surface area contributed by atoms with Crippen LogP contribution in [0.5, 0.6) is 0 Å². The molecule has 2 aliphatic carbocycles. The molecular formula is C31H44N4O5S. The van der Waals surface area contributed by atoms with E-state index in [2.05, 4.69) is 5.32 Å². The van der Waals surface area contributed by atoms with Crippen LogP contribution in [-0.4, -0.2) is 66.3 Å². The number of hydrogen-bond acceptors (Lipinski definition) is 6. The maximum atomic E-state index is 13.3. The highest BCUT2D eigenvalue weighted by Gasteiger charge is 2.48. The zero-order valence-corrected chi connectivity index (χ0v) is 25.4. The zero-order chi connectivity index (χ0) is 29.4. The Morgan fingerprint density at radius 1 is 1.05 bits per heavy atom. The number of anilines is 1. The number of carbonyl (C=O) groups is 2. The minimum Gasteiger partial charge on any atom is -0.393 e. The molecule has 0 unspecified atom stereocenters. The summed E-state index contributed by atoms with van der Waals surface area (Å²) in [4.78, 5) is 32.2. The number of aliphatic hydroxyl groups excluding tert-OH is 1. The number of amides is 2. The van der Waals surface area contributed by atoms with Gasteiger partial charge in [-0.3, -0.25) is 14.6 Å². The molecule has 1 aromatic carbocycles. The largest absolute Gasteiger partial charge is 0.393 e. The van der Waals surface area contributed by atoms with Gasteiger partial charge in [-0.05, 0) is 100 Å². The van der Waals surface area contributed by atoms with Gasteiger partial charge < -0.3 is 15.3 Å². The molecule has 2 saturated carbocycles. The van der Waals surface area contributed by atoms with Crippen LogP contribution >= 0.6 is 0 Å². The minimum absolute atomic E-state index is 0.0370. The lowest BCUT2D eigenvalue weighted by molar-refractivity contribution is -0.125. The van der Waals surface area contributed by atoms with E-state index in [0.29, 0.717) is 31.6 Å². The number of rotatable bonds is 6. The van der Waals surface area contributed by atoms with Crippen LogP contribution in [-0.2, 0) is 19.6 Å². The summed E-state index contributed by atoms with van der Waals surface area (Å²) in [5.41, 5.74) is 2.55. The van der Waals surface area contributed by atoms with E-state index >= 15 is 0 Å². The molecular weight excluding hydrogens is 540 g/mol. The molecule has 0 atom stereocenters. The van der Waals surface area contributed by atoms with Crippen LogP contribution in [0.15, 0.2) is 22.5 Å². The van der Waals surface area contributed by atoms with Gasteiger partial charge in [0.25, 0.3) is 5.91 Å². The van der Waals surface area contributed by atoms with E-state index in [-0.39, 0.29) is 37.0 Å². The first-order valence-electron chi connectivity index (χ1n) is 15.2. The number of aliphatic hydroxyl groups is 1. The second kappa shape index (κ2) is 12.0. The van der Waals surface area contributed by atoms with E-state index in [0.717, 1.165) is 66.7 Å². The van der Waals surface area contributed by atoms with Crippen molar-refractivity contribution in [3.05, 3.63) is 34.2 Å². The number of amidine groups is 1. The Morgan fingerprint density at radius 3 is 2.24 bits per heavy atom. The molecule has 3 fully saturated rings. The molecule has 0 aromatic heterocycles. The van der Waals surface area contributed by atoms with E-state index < -0.39 is 15.6 Å². The average molecular weight is 585 g/mol. The summed E-state index contributed by atoms with van der Waals surface area (Å²) in [5.74, 6) is 1.00. The third kappa shape index (κ3) is 6.29. The Morgan fingerprint density at radius 2 is 1.66 bits per heavy atom. The molecule has 0 bridgehead atoms. The maximum Gasteiger partial charge on any atom is 0.253 e. The third-order valence-corrected chi connectivity index (χ3v) is 11.1. The standard InChI is InChI=1S/C31H44N4O5S/c1-21-19-26(35(23(3)36)25-9-11-27(37)12-10-25)20-22(2)28(21)13-18-41(39,40)34-16-14-31(15-17-34)30(38)32-29(33-31)24-7-5-4-6-8-24/h13,18-20,24-25,27,37H,4-12,14-17H2,1-3H3,(H,32,33,38)/b18-13+. The van der Waals surface area contributed by atoms with Gasteiger partial charge in [0.1, 0.15) is 11.4 Å². The van der Waals surface area contributed by atoms with Crippen molar-refractivity contribution < 1.29 is 23.1 Å². The van der Waals surface area contributed by atoms with Gasteiger partial charge >= 0.3 is 0 Å². The summed E-state index contributed by atoms with van der Waals surface area (Å²) in [7, 11) is -3.69. The maximum absolute atomic E-state index is 13.3. The van der Waals surface area contributed by atoms with Crippen LogP contribution in [0.3, 0.4) is 0 Å². The lowest BCUT2D eigenvalue weighted by Gasteiger charge is -2.35. The monoisotopic (exact) mass is 584 g/mol. The Bertz CT molecular complexity index is 1310. The van der Waals surface area contributed by atoms with E-state index in [1.54, 1.807) is 13.0 Å². The van der Waals surface area contributed by atoms with Crippen molar-refractivity contribution in [3.8, 4) is 0 Å². The first kappa shape index (κ1) is 29.9. The predicted molar refractivity (Wildman–Crippen MR) is 161 cm³/mol. The second-order valence-electron chi connectivity index (χ2n) is 12.4. The van der Waals surface area contributed by atoms with Gasteiger partial charge in [-0.1, -0.05) is 19.3 Å². The van der Waals surface area contributed by atoms with Gasteiger partial charge in [0.2, 0.25) is 15.9 Å². The van der Waals surface area contributed by atoms with E-state index in [1.807, 2.05) is 30.9 Å². The van der Waals surface area contributed by atoms with Crippen LogP contribution in [0.1, 0.15) is 94.2 Å². The molecule has 2 N–H and O–H groups in total. The van der Waals surface area contributed by atoms with Crippen LogP contribution in [0.25, 0.3) is 6.08 Å². The average Bonchev–Trinajstić information content (AvgIpc) is 3.25. The second-order valence-corrected chi connectivity index (χ2v) is 14.2. The minimum atomic E-state index is -3.69.